The average molecular weight is 327 g/mol. The minimum atomic E-state index is 0. The van der Waals surface area contributed by atoms with Gasteiger partial charge < -0.3 is 15.3 Å². The van der Waals surface area contributed by atoms with Gasteiger partial charge in [0.2, 0.25) is 0 Å². The summed E-state index contributed by atoms with van der Waals surface area (Å²) < 4.78 is 0. The van der Waals surface area contributed by atoms with E-state index in [2.05, 4.69) is 26.3 Å². The van der Waals surface area contributed by atoms with Crippen molar-refractivity contribution in [3.63, 3.8) is 0 Å². The van der Waals surface area contributed by atoms with Crippen LogP contribution in [-0.4, -0.2) is 47.9 Å². The summed E-state index contributed by atoms with van der Waals surface area (Å²) in [5.41, 5.74) is 1.20. The molecule has 0 radical (unpaired) electrons. The number of aliphatic hydroxyl groups excluding tert-OH is 1. The number of halogens is 1. The summed E-state index contributed by atoms with van der Waals surface area (Å²) in [5.74, 6) is 2.86. The van der Waals surface area contributed by atoms with Crippen LogP contribution in [0.2, 0.25) is 0 Å². The second-order valence-corrected chi connectivity index (χ2v) is 6.36. The number of hydrogen-bond acceptors (Lipinski definition) is 5. The Hall–Kier alpha value is -0.910. The van der Waals surface area contributed by atoms with Gasteiger partial charge in [-0.05, 0) is 51.6 Å². The first-order chi connectivity index (χ1) is 10.3. The molecule has 0 saturated carbocycles. The average Bonchev–Trinajstić information content (AvgIpc) is 2.55. The van der Waals surface area contributed by atoms with E-state index in [0.717, 1.165) is 63.5 Å². The minimum Gasteiger partial charge on any atom is -0.396 e. The van der Waals surface area contributed by atoms with Gasteiger partial charge in [0.15, 0.2) is 0 Å². The fraction of sp³-hybridized carbons (Fsp3) is 0.750. The number of piperidine rings is 2. The first kappa shape index (κ1) is 17.4. The van der Waals surface area contributed by atoms with Gasteiger partial charge in [0.1, 0.15) is 11.6 Å². The maximum atomic E-state index is 9.40. The molecule has 1 atom stereocenters. The lowest BCUT2D eigenvalue weighted by atomic mass is 9.94. The third-order valence-electron chi connectivity index (χ3n) is 4.70. The van der Waals surface area contributed by atoms with Gasteiger partial charge in [-0.2, -0.15) is 0 Å². The van der Waals surface area contributed by atoms with Gasteiger partial charge in [0, 0.05) is 37.4 Å². The van der Waals surface area contributed by atoms with E-state index in [0.29, 0.717) is 11.8 Å². The Morgan fingerprint density at radius 1 is 1.27 bits per heavy atom. The molecule has 2 aliphatic heterocycles. The molecular formula is C16H27ClN4O. The van der Waals surface area contributed by atoms with E-state index in [4.69, 9.17) is 0 Å². The molecule has 124 valence electrons. The first-order valence-electron chi connectivity index (χ1n) is 8.18. The Kier molecular flexibility index (Phi) is 6.41. The number of rotatable bonds is 3. The van der Waals surface area contributed by atoms with Gasteiger partial charge in [0.05, 0.1) is 0 Å². The zero-order chi connectivity index (χ0) is 14.7. The zero-order valence-electron chi connectivity index (χ0n) is 13.3. The molecule has 22 heavy (non-hydrogen) atoms. The number of anilines is 1. The first-order valence-corrected chi connectivity index (χ1v) is 8.18. The molecule has 1 aromatic heterocycles. The highest BCUT2D eigenvalue weighted by Gasteiger charge is 2.23. The predicted octanol–water partition coefficient (Wildman–Crippen LogP) is 1.88. The van der Waals surface area contributed by atoms with Crippen LogP contribution in [0.15, 0.2) is 6.07 Å². The Bertz CT molecular complexity index is 479. The minimum absolute atomic E-state index is 0. The van der Waals surface area contributed by atoms with Crippen LogP contribution in [0.25, 0.3) is 0 Å². The predicted molar refractivity (Wildman–Crippen MR) is 90.9 cm³/mol. The van der Waals surface area contributed by atoms with Gasteiger partial charge in [-0.3, -0.25) is 0 Å². The standard InChI is InChI=1S/C16H26N4O.ClH/c1-12-18-15(14-4-6-17-7-5-14)9-16(19-12)20-8-2-3-13(10-20)11-21;/h9,13-14,17,21H,2-8,10-11H2,1H3;1H. The summed E-state index contributed by atoms with van der Waals surface area (Å²) in [6.45, 7) is 6.39. The van der Waals surface area contributed by atoms with Crippen molar-refractivity contribution in [1.29, 1.82) is 0 Å². The van der Waals surface area contributed by atoms with Crippen LogP contribution in [0.5, 0.6) is 0 Å². The third-order valence-corrected chi connectivity index (χ3v) is 4.70. The van der Waals surface area contributed by atoms with Crippen LogP contribution in [0.4, 0.5) is 5.82 Å². The molecule has 2 fully saturated rings. The molecule has 3 heterocycles. The molecule has 2 saturated heterocycles. The highest BCUT2D eigenvalue weighted by atomic mass is 35.5. The molecule has 0 aromatic carbocycles. The molecule has 2 N–H and O–H groups in total. The van der Waals surface area contributed by atoms with Crippen LogP contribution in [0.3, 0.4) is 0 Å². The number of aliphatic hydroxyl groups is 1. The van der Waals surface area contributed by atoms with Gasteiger partial charge in [-0.1, -0.05) is 0 Å². The summed E-state index contributed by atoms with van der Waals surface area (Å²) in [6.07, 6.45) is 4.58. The molecule has 0 spiro atoms. The molecule has 0 aliphatic carbocycles. The smallest absolute Gasteiger partial charge is 0.132 e. The maximum absolute atomic E-state index is 9.40. The monoisotopic (exact) mass is 326 g/mol. The zero-order valence-corrected chi connectivity index (χ0v) is 14.1. The fourth-order valence-corrected chi connectivity index (χ4v) is 3.49. The van der Waals surface area contributed by atoms with Crippen LogP contribution in [0.1, 0.15) is 43.1 Å². The second kappa shape index (κ2) is 8.09. The number of hydrogen-bond donors (Lipinski definition) is 2. The Labute approximate surface area is 138 Å². The van der Waals surface area contributed by atoms with E-state index < -0.39 is 0 Å². The summed E-state index contributed by atoms with van der Waals surface area (Å²) in [7, 11) is 0. The largest absolute Gasteiger partial charge is 0.396 e. The van der Waals surface area contributed by atoms with Crippen LogP contribution in [-0.2, 0) is 0 Å². The molecule has 0 amide bonds. The van der Waals surface area contributed by atoms with Crippen molar-refractivity contribution >= 4 is 18.2 Å². The van der Waals surface area contributed by atoms with Crippen LogP contribution >= 0.6 is 12.4 Å². The quantitative estimate of drug-likeness (QED) is 0.888. The van der Waals surface area contributed by atoms with Crippen molar-refractivity contribution < 1.29 is 5.11 Å². The van der Waals surface area contributed by atoms with Gasteiger partial charge in [-0.25, -0.2) is 9.97 Å². The number of nitrogens with one attached hydrogen (secondary N) is 1. The Balaban J connectivity index is 0.00000176. The summed E-state index contributed by atoms with van der Waals surface area (Å²) in [4.78, 5) is 11.6. The molecule has 0 bridgehead atoms. The second-order valence-electron chi connectivity index (χ2n) is 6.36. The lowest BCUT2D eigenvalue weighted by molar-refractivity contribution is 0.208. The highest BCUT2D eigenvalue weighted by molar-refractivity contribution is 5.85. The Morgan fingerprint density at radius 3 is 2.77 bits per heavy atom. The molecule has 1 unspecified atom stereocenters. The summed E-state index contributed by atoms with van der Waals surface area (Å²) in [6, 6.07) is 2.18. The molecule has 3 rings (SSSR count). The normalized spacial score (nSPS) is 23.2. The third kappa shape index (κ3) is 4.09. The molecular weight excluding hydrogens is 300 g/mol. The lowest BCUT2D eigenvalue weighted by Gasteiger charge is -2.33. The van der Waals surface area contributed by atoms with Gasteiger partial charge in [-0.15, -0.1) is 12.4 Å². The van der Waals surface area contributed by atoms with E-state index in [9.17, 15) is 5.11 Å². The van der Waals surface area contributed by atoms with E-state index in [1.54, 1.807) is 0 Å². The van der Waals surface area contributed by atoms with Crippen molar-refractivity contribution in [3.8, 4) is 0 Å². The van der Waals surface area contributed by atoms with Crippen molar-refractivity contribution in [2.45, 2.75) is 38.5 Å². The highest BCUT2D eigenvalue weighted by Crippen LogP contribution is 2.28. The van der Waals surface area contributed by atoms with Crippen molar-refractivity contribution in [1.82, 2.24) is 15.3 Å². The fourth-order valence-electron chi connectivity index (χ4n) is 3.49. The van der Waals surface area contributed by atoms with E-state index in [1.165, 1.54) is 5.69 Å². The van der Waals surface area contributed by atoms with Crippen LogP contribution < -0.4 is 10.2 Å². The van der Waals surface area contributed by atoms with E-state index in [1.807, 2.05) is 6.92 Å². The topological polar surface area (TPSA) is 61.3 Å². The summed E-state index contributed by atoms with van der Waals surface area (Å²) >= 11 is 0. The number of aromatic nitrogens is 2. The van der Waals surface area contributed by atoms with Gasteiger partial charge in [0.25, 0.3) is 0 Å². The molecule has 6 heteroatoms. The number of aryl methyl sites for hydroxylation is 1. The SMILES string of the molecule is Cc1nc(C2CCNCC2)cc(N2CCCC(CO)C2)n1.Cl. The number of nitrogens with zero attached hydrogens (tertiary/aromatic N) is 3. The maximum Gasteiger partial charge on any atom is 0.132 e. The Morgan fingerprint density at radius 2 is 2.05 bits per heavy atom. The van der Waals surface area contributed by atoms with Crippen molar-refractivity contribution in [2.75, 3.05) is 37.7 Å². The lowest BCUT2D eigenvalue weighted by Crippen LogP contribution is -2.37. The van der Waals surface area contributed by atoms with Crippen molar-refractivity contribution in [3.05, 3.63) is 17.6 Å². The molecule has 2 aliphatic rings. The van der Waals surface area contributed by atoms with Gasteiger partial charge >= 0.3 is 0 Å². The molecule has 5 nitrogen and oxygen atoms in total. The summed E-state index contributed by atoms with van der Waals surface area (Å²) in [5, 5.41) is 12.8. The molecule has 1 aromatic rings. The van der Waals surface area contributed by atoms with E-state index >= 15 is 0 Å². The van der Waals surface area contributed by atoms with Crippen LogP contribution in [0, 0.1) is 12.8 Å². The van der Waals surface area contributed by atoms with E-state index in [-0.39, 0.29) is 19.0 Å². The van der Waals surface area contributed by atoms with Crippen molar-refractivity contribution in [2.24, 2.45) is 5.92 Å².